The first-order chi connectivity index (χ1) is 14.4. The summed E-state index contributed by atoms with van der Waals surface area (Å²) in [6.07, 6.45) is 0. The Kier molecular flexibility index (Phi) is 3.73. The first-order valence-corrected chi connectivity index (χ1v) is 9.34. The largest absolute Gasteiger partial charge is 0.465 e. The van der Waals surface area contributed by atoms with Crippen molar-refractivity contribution in [1.82, 2.24) is 0 Å². The lowest BCUT2D eigenvalue weighted by molar-refractivity contribution is 0.0592. The lowest BCUT2D eigenvalue weighted by Gasteiger charge is -2.18. The molecule has 0 aliphatic heterocycles. The third-order valence-corrected chi connectivity index (χ3v) is 5.68. The second-order valence-electron chi connectivity index (χ2n) is 7.29. The first kappa shape index (κ1) is 18.0. The zero-order valence-electron chi connectivity index (χ0n) is 16.4. The van der Waals surface area contributed by atoms with Crippen LogP contribution in [-0.2, 0) is 9.47 Å². The number of esters is 2. The number of nitrogen functional groups attached to an aromatic ring is 2. The molecule has 0 heterocycles. The third-order valence-electron chi connectivity index (χ3n) is 5.68. The van der Waals surface area contributed by atoms with Crippen LogP contribution < -0.4 is 11.5 Å². The fourth-order valence-electron chi connectivity index (χ4n) is 4.40. The molecule has 0 bridgehead atoms. The minimum Gasteiger partial charge on any atom is -0.465 e. The number of carbonyl (C=O) groups is 2. The van der Waals surface area contributed by atoms with Crippen molar-refractivity contribution >= 4 is 66.4 Å². The van der Waals surface area contributed by atoms with Gasteiger partial charge in [-0.05, 0) is 68.7 Å². The van der Waals surface area contributed by atoms with E-state index in [9.17, 15) is 9.59 Å². The molecule has 0 amide bonds. The Morgan fingerprint density at radius 2 is 1.03 bits per heavy atom. The fraction of sp³-hybridized carbons (Fsp3) is 0.0833. The lowest BCUT2D eigenvalue weighted by Crippen LogP contribution is -2.04. The lowest BCUT2D eigenvalue weighted by atomic mass is 9.86. The highest BCUT2D eigenvalue weighted by Crippen LogP contribution is 2.45. The second kappa shape index (κ2) is 6.22. The van der Waals surface area contributed by atoms with Gasteiger partial charge in [-0.25, -0.2) is 9.59 Å². The highest BCUT2D eigenvalue weighted by molar-refractivity contribution is 6.38. The molecule has 0 aromatic heterocycles. The van der Waals surface area contributed by atoms with Crippen LogP contribution in [0.25, 0.3) is 43.1 Å². The van der Waals surface area contributed by atoms with E-state index >= 15 is 0 Å². The maximum Gasteiger partial charge on any atom is 0.337 e. The maximum atomic E-state index is 12.3. The van der Waals surface area contributed by atoms with Crippen molar-refractivity contribution in [2.75, 3.05) is 25.7 Å². The van der Waals surface area contributed by atoms with E-state index in [2.05, 4.69) is 0 Å². The molecule has 0 aliphatic carbocycles. The smallest absolute Gasteiger partial charge is 0.337 e. The zero-order valence-corrected chi connectivity index (χ0v) is 16.4. The van der Waals surface area contributed by atoms with E-state index < -0.39 is 11.9 Å². The fourth-order valence-corrected chi connectivity index (χ4v) is 4.40. The molecule has 30 heavy (non-hydrogen) atoms. The van der Waals surface area contributed by atoms with Gasteiger partial charge in [-0.1, -0.05) is 12.1 Å². The quantitative estimate of drug-likeness (QED) is 0.197. The summed E-state index contributed by atoms with van der Waals surface area (Å²) < 4.78 is 9.88. The Labute approximate surface area is 171 Å². The minimum absolute atomic E-state index is 0.416. The van der Waals surface area contributed by atoms with Crippen molar-refractivity contribution in [3.8, 4) is 0 Å². The summed E-state index contributed by atoms with van der Waals surface area (Å²) in [5.74, 6) is -0.879. The highest BCUT2D eigenvalue weighted by Gasteiger charge is 2.20. The summed E-state index contributed by atoms with van der Waals surface area (Å²) in [4.78, 5) is 24.6. The third kappa shape index (κ3) is 2.30. The van der Waals surface area contributed by atoms with Crippen LogP contribution in [0.3, 0.4) is 0 Å². The molecule has 0 spiro atoms. The average Bonchev–Trinajstić information content (AvgIpc) is 2.77. The van der Waals surface area contributed by atoms with Gasteiger partial charge in [0.15, 0.2) is 0 Å². The molecule has 4 N–H and O–H groups in total. The molecule has 5 aromatic rings. The van der Waals surface area contributed by atoms with Gasteiger partial charge in [0, 0.05) is 22.1 Å². The molecule has 0 unspecified atom stereocenters. The molecule has 0 radical (unpaired) electrons. The zero-order chi connectivity index (χ0) is 21.2. The van der Waals surface area contributed by atoms with Crippen molar-refractivity contribution in [1.29, 1.82) is 0 Å². The van der Waals surface area contributed by atoms with Crippen LogP contribution in [0, 0.1) is 0 Å². The van der Waals surface area contributed by atoms with Crippen molar-refractivity contribution in [3.05, 3.63) is 59.7 Å². The van der Waals surface area contributed by atoms with Gasteiger partial charge in [-0.2, -0.15) is 0 Å². The Morgan fingerprint density at radius 1 is 0.633 bits per heavy atom. The molecular formula is C24H18N2O4. The van der Waals surface area contributed by atoms with Crippen molar-refractivity contribution < 1.29 is 19.1 Å². The number of carbonyl (C=O) groups excluding carboxylic acids is 2. The second-order valence-corrected chi connectivity index (χ2v) is 7.29. The number of benzene rings is 5. The summed E-state index contributed by atoms with van der Waals surface area (Å²) in [5, 5.41) is 6.70. The topological polar surface area (TPSA) is 105 Å². The van der Waals surface area contributed by atoms with E-state index in [4.69, 9.17) is 20.9 Å². The molecule has 0 aliphatic rings. The molecule has 0 saturated heterocycles. The summed E-state index contributed by atoms with van der Waals surface area (Å²) >= 11 is 0. The van der Waals surface area contributed by atoms with Gasteiger partial charge < -0.3 is 20.9 Å². The number of hydrogen-bond acceptors (Lipinski definition) is 6. The van der Waals surface area contributed by atoms with Gasteiger partial charge in [0.05, 0.1) is 25.3 Å². The number of hydrogen-bond donors (Lipinski definition) is 2. The van der Waals surface area contributed by atoms with E-state index in [-0.39, 0.29) is 0 Å². The molecule has 0 fully saturated rings. The van der Waals surface area contributed by atoms with Crippen LogP contribution in [0.1, 0.15) is 20.7 Å². The van der Waals surface area contributed by atoms with Crippen LogP contribution in [0.15, 0.2) is 48.5 Å². The van der Waals surface area contributed by atoms with Gasteiger partial charge in [-0.3, -0.25) is 0 Å². The van der Waals surface area contributed by atoms with Crippen molar-refractivity contribution in [3.63, 3.8) is 0 Å². The molecule has 5 rings (SSSR count). The van der Waals surface area contributed by atoms with E-state index in [0.29, 0.717) is 22.5 Å². The minimum atomic E-state index is -0.440. The van der Waals surface area contributed by atoms with Gasteiger partial charge in [0.1, 0.15) is 0 Å². The first-order valence-electron chi connectivity index (χ1n) is 9.34. The SMILES string of the molecule is COC(=O)c1cc2ccc(N)c3c4c(N)ccc5cc(C(=O)OC)cc(c(c1)c23)c54. The Morgan fingerprint density at radius 3 is 1.40 bits per heavy atom. The molecule has 6 heteroatoms. The molecule has 0 atom stereocenters. The summed E-state index contributed by atoms with van der Waals surface area (Å²) in [6, 6.07) is 14.5. The standard InChI is InChI=1S/C24H18N2O4/c1-29-23(27)13-7-11-3-5-17(25)21-19(11)15(9-13)16-10-14(24(28)30-2)8-12-4-6-18(26)22(21)20(12)16/h3-10H,25-26H2,1-2H3. The van der Waals surface area contributed by atoms with Crippen LogP contribution >= 0.6 is 0 Å². The number of methoxy groups -OCH3 is 2. The predicted octanol–water partition coefficient (Wildman–Crippen LogP) is 4.47. The van der Waals surface area contributed by atoms with Gasteiger partial charge in [0.25, 0.3) is 0 Å². The van der Waals surface area contributed by atoms with E-state index in [1.807, 2.05) is 24.3 Å². The summed E-state index contributed by atoms with van der Waals surface area (Å²) in [6.45, 7) is 0. The number of nitrogens with two attached hydrogens (primary N) is 2. The van der Waals surface area contributed by atoms with Gasteiger partial charge >= 0.3 is 11.9 Å². The number of rotatable bonds is 2. The van der Waals surface area contributed by atoms with Gasteiger partial charge in [0.2, 0.25) is 0 Å². The predicted molar refractivity (Wildman–Crippen MR) is 119 cm³/mol. The Bertz CT molecular complexity index is 1410. The Balaban J connectivity index is 2.13. The number of anilines is 2. The van der Waals surface area contributed by atoms with E-state index in [1.165, 1.54) is 14.2 Å². The highest BCUT2D eigenvalue weighted by atomic mass is 16.5. The van der Waals surface area contributed by atoms with Crippen LogP contribution in [-0.4, -0.2) is 26.2 Å². The van der Waals surface area contributed by atoms with E-state index in [0.717, 1.165) is 43.1 Å². The molecule has 148 valence electrons. The van der Waals surface area contributed by atoms with E-state index in [1.54, 1.807) is 24.3 Å². The summed E-state index contributed by atoms with van der Waals surface area (Å²) in [7, 11) is 2.69. The average molecular weight is 398 g/mol. The normalized spacial score (nSPS) is 11.5. The molecule has 6 nitrogen and oxygen atoms in total. The summed E-state index contributed by atoms with van der Waals surface area (Å²) in [5.41, 5.74) is 14.8. The maximum absolute atomic E-state index is 12.3. The van der Waals surface area contributed by atoms with Gasteiger partial charge in [-0.15, -0.1) is 0 Å². The monoisotopic (exact) mass is 398 g/mol. The van der Waals surface area contributed by atoms with Crippen LogP contribution in [0.4, 0.5) is 11.4 Å². The van der Waals surface area contributed by atoms with Crippen LogP contribution in [0.2, 0.25) is 0 Å². The Hall–Kier alpha value is -4.06. The molecular weight excluding hydrogens is 380 g/mol. The molecule has 5 aromatic carbocycles. The number of ether oxygens (including phenoxy) is 2. The number of fused-ring (bicyclic) bond motifs is 2. The van der Waals surface area contributed by atoms with Crippen molar-refractivity contribution in [2.24, 2.45) is 0 Å². The van der Waals surface area contributed by atoms with Crippen molar-refractivity contribution in [2.45, 2.75) is 0 Å². The van der Waals surface area contributed by atoms with Crippen LogP contribution in [0.5, 0.6) is 0 Å². The molecule has 0 saturated carbocycles.